The van der Waals surface area contributed by atoms with Crippen LogP contribution in [0, 0.1) is 10.1 Å². The van der Waals surface area contributed by atoms with Crippen LogP contribution in [0.4, 0.5) is 11.5 Å². The average molecular weight is 501 g/mol. The van der Waals surface area contributed by atoms with Crippen LogP contribution in [0.25, 0.3) is 22.9 Å². The van der Waals surface area contributed by atoms with E-state index in [1.54, 1.807) is 27.8 Å². The molecule has 2 aromatic heterocycles. The highest BCUT2D eigenvalue weighted by atomic mass is 16.6. The van der Waals surface area contributed by atoms with Gasteiger partial charge < -0.3 is 14.5 Å². The van der Waals surface area contributed by atoms with E-state index in [4.69, 9.17) is 4.74 Å². The third kappa shape index (κ3) is 5.08. The maximum Gasteiger partial charge on any atom is 0.269 e. The van der Waals surface area contributed by atoms with E-state index in [0.717, 1.165) is 17.0 Å². The number of nitro groups is 1. The lowest BCUT2D eigenvalue weighted by molar-refractivity contribution is -0.384. The fourth-order valence-electron chi connectivity index (χ4n) is 4.11. The van der Waals surface area contributed by atoms with Crippen molar-refractivity contribution in [2.75, 3.05) is 37.7 Å². The molecule has 0 aliphatic carbocycles. The predicted molar refractivity (Wildman–Crippen MR) is 137 cm³/mol. The molecule has 37 heavy (non-hydrogen) atoms. The summed E-state index contributed by atoms with van der Waals surface area (Å²) < 4.78 is 7.17. The minimum atomic E-state index is -0.454. The highest BCUT2D eigenvalue weighted by Gasteiger charge is 2.24. The van der Waals surface area contributed by atoms with Crippen molar-refractivity contribution >= 4 is 34.7 Å². The summed E-state index contributed by atoms with van der Waals surface area (Å²) in [6, 6.07) is 13.6. The van der Waals surface area contributed by atoms with Crippen molar-refractivity contribution in [1.29, 1.82) is 0 Å². The first kappa shape index (κ1) is 23.9. The number of aromatic nitrogens is 5. The molecule has 1 saturated heterocycles. The van der Waals surface area contributed by atoms with Crippen molar-refractivity contribution in [3.63, 3.8) is 0 Å². The zero-order valence-electron chi connectivity index (χ0n) is 20.1. The fraction of sp³-hybridized carbons (Fsp3) is 0.240. The van der Waals surface area contributed by atoms with E-state index in [9.17, 15) is 14.9 Å². The van der Waals surface area contributed by atoms with Gasteiger partial charge in [0.2, 0.25) is 5.91 Å². The van der Waals surface area contributed by atoms with Crippen molar-refractivity contribution in [3.8, 4) is 11.4 Å². The molecule has 1 aliphatic rings. The van der Waals surface area contributed by atoms with Crippen molar-refractivity contribution in [2.45, 2.75) is 6.92 Å². The van der Waals surface area contributed by atoms with Crippen molar-refractivity contribution in [1.82, 2.24) is 29.9 Å². The number of hydrogen-bond donors (Lipinski definition) is 0. The first-order valence-corrected chi connectivity index (χ1v) is 11.8. The number of non-ortho nitro benzene ring substituents is 1. The number of amides is 1. The molecule has 2 aromatic carbocycles. The van der Waals surface area contributed by atoms with Crippen LogP contribution in [0.5, 0.6) is 5.75 Å². The summed E-state index contributed by atoms with van der Waals surface area (Å²) >= 11 is 0. The Bertz CT molecular complexity index is 1440. The number of carbonyl (C=O) groups excluding carboxylic acids is 1. The maximum atomic E-state index is 12.7. The fourth-order valence-corrected chi connectivity index (χ4v) is 4.11. The van der Waals surface area contributed by atoms with Crippen LogP contribution in [0.1, 0.15) is 12.5 Å². The predicted octanol–water partition coefficient (Wildman–Crippen LogP) is 2.88. The average Bonchev–Trinajstić information content (AvgIpc) is 3.37. The van der Waals surface area contributed by atoms with Crippen LogP contribution in [0.3, 0.4) is 0 Å². The summed E-state index contributed by atoms with van der Waals surface area (Å²) in [7, 11) is 0. The lowest BCUT2D eigenvalue weighted by Crippen LogP contribution is -2.48. The van der Waals surface area contributed by atoms with Gasteiger partial charge in [0.1, 0.15) is 12.1 Å². The molecule has 0 spiro atoms. The molecule has 0 N–H and O–H groups in total. The number of carbonyl (C=O) groups is 1. The van der Waals surface area contributed by atoms with E-state index in [1.807, 2.05) is 31.2 Å². The maximum absolute atomic E-state index is 12.7. The molecule has 0 saturated carbocycles. The van der Waals surface area contributed by atoms with Crippen molar-refractivity contribution < 1.29 is 14.5 Å². The summed E-state index contributed by atoms with van der Waals surface area (Å²) in [4.78, 5) is 35.7. The van der Waals surface area contributed by atoms with Gasteiger partial charge in [-0.05, 0) is 55.0 Å². The largest absolute Gasteiger partial charge is 0.494 e. The number of hydrogen-bond acceptors (Lipinski definition) is 9. The van der Waals surface area contributed by atoms with E-state index in [1.165, 1.54) is 24.5 Å². The van der Waals surface area contributed by atoms with Crippen LogP contribution < -0.4 is 9.64 Å². The van der Waals surface area contributed by atoms with E-state index >= 15 is 0 Å². The SMILES string of the molecule is CCOc1ccc(-n2nnc3c(N4CCN(C(=O)/C=C\c5ccc([N+](=O)[O-])cc5)CC4)ncnc32)cc1. The minimum absolute atomic E-state index is 0.0120. The Morgan fingerprint density at radius 3 is 2.46 bits per heavy atom. The molecule has 12 nitrogen and oxygen atoms in total. The molecule has 0 bridgehead atoms. The summed E-state index contributed by atoms with van der Waals surface area (Å²) in [6.07, 6.45) is 4.64. The highest BCUT2D eigenvalue weighted by molar-refractivity contribution is 5.92. The van der Waals surface area contributed by atoms with E-state index in [2.05, 4.69) is 25.2 Å². The zero-order valence-corrected chi connectivity index (χ0v) is 20.1. The van der Waals surface area contributed by atoms with Gasteiger partial charge in [-0.3, -0.25) is 14.9 Å². The van der Waals surface area contributed by atoms with Gasteiger partial charge in [-0.25, -0.2) is 9.97 Å². The Kier molecular flexibility index (Phi) is 6.70. The summed E-state index contributed by atoms with van der Waals surface area (Å²) in [6.45, 7) is 4.73. The van der Waals surface area contributed by atoms with Gasteiger partial charge in [0.25, 0.3) is 5.69 Å². The Balaban J connectivity index is 1.25. The minimum Gasteiger partial charge on any atom is -0.494 e. The number of nitro benzene ring substituents is 1. The number of rotatable bonds is 7. The number of nitrogens with zero attached hydrogens (tertiary/aromatic N) is 8. The van der Waals surface area contributed by atoms with Gasteiger partial charge in [0, 0.05) is 44.4 Å². The Labute approximate surface area is 211 Å². The Morgan fingerprint density at radius 2 is 1.78 bits per heavy atom. The second-order valence-corrected chi connectivity index (χ2v) is 8.29. The summed E-state index contributed by atoms with van der Waals surface area (Å²) in [5.41, 5.74) is 2.73. The van der Waals surface area contributed by atoms with E-state index in [-0.39, 0.29) is 11.6 Å². The monoisotopic (exact) mass is 500 g/mol. The highest BCUT2D eigenvalue weighted by Crippen LogP contribution is 2.24. The van der Waals surface area contributed by atoms with Crippen LogP contribution >= 0.6 is 0 Å². The lowest BCUT2D eigenvalue weighted by Gasteiger charge is -2.34. The molecule has 1 aliphatic heterocycles. The van der Waals surface area contributed by atoms with Crippen LogP contribution in [-0.2, 0) is 4.79 Å². The molecule has 3 heterocycles. The van der Waals surface area contributed by atoms with Gasteiger partial charge in [-0.2, -0.15) is 4.68 Å². The molecule has 188 valence electrons. The van der Waals surface area contributed by atoms with Crippen molar-refractivity contribution in [3.05, 3.63) is 76.6 Å². The van der Waals surface area contributed by atoms with Gasteiger partial charge in [0.15, 0.2) is 17.0 Å². The van der Waals surface area contributed by atoms with Crippen molar-refractivity contribution in [2.24, 2.45) is 0 Å². The Hall–Kier alpha value is -4.87. The second kappa shape index (κ2) is 10.4. The molecule has 1 fully saturated rings. The third-order valence-corrected chi connectivity index (χ3v) is 6.02. The number of piperazine rings is 1. The Morgan fingerprint density at radius 1 is 1.05 bits per heavy atom. The van der Waals surface area contributed by atoms with Crippen LogP contribution in [-0.4, -0.2) is 73.5 Å². The summed E-state index contributed by atoms with van der Waals surface area (Å²) in [5, 5.41) is 19.4. The number of fused-ring (bicyclic) bond motifs is 1. The topological polar surface area (TPSA) is 132 Å². The molecule has 0 atom stereocenters. The van der Waals surface area contributed by atoms with Gasteiger partial charge in [-0.1, -0.05) is 5.21 Å². The van der Waals surface area contributed by atoms with Gasteiger partial charge >= 0.3 is 0 Å². The zero-order chi connectivity index (χ0) is 25.8. The number of anilines is 1. The quantitative estimate of drug-likeness (QED) is 0.213. The molecule has 5 rings (SSSR count). The summed E-state index contributed by atoms with van der Waals surface area (Å²) in [5.74, 6) is 1.34. The lowest BCUT2D eigenvalue weighted by atomic mass is 10.2. The molecule has 0 radical (unpaired) electrons. The van der Waals surface area contributed by atoms with Gasteiger partial charge in [0.05, 0.1) is 17.2 Å². The molecule has 4 aromatic rings. The standard InChI is InChI=1S/C25H24N8O4/c1-2-37-21-10-8-19(9-11-21)32-25-23(28-29-32)24(26-17-27-25)31-15-13-30(14-16-31)22(34)12-5-18-3-6-20(7-4-18)33(35)36/h3-12,17H,2,13-16H2,1H3/b12-5-. The molecular weight excluding hydrogens is 476 g/mol. The molecule has 12 heteroatoms. The third-order valence-electron chi connectivity index (χ3n) is 6.02. The van der Waals surface area contributed by atoms with E-state index < -0.39 is 4.92 Å². The number of benzene rings is 2. The normalized spacial score (nSPS) is 13.9. The van der Waals surface area contributed by atoms with Crippen LogP contribution in [0.2, 0.25) is 0 Å². The van der Waals surface area contributed by atoms with Gasteiger partial charge in [-0.15, -0.1) is 5.10 Å². The first-order chi connectivity index (χ1) is 18.0. The molecular formula is C25H24N8O4. The van der Waals surface area contributed by atoms with Crippen LogP contribution in [0.15, 0.2) is 60.9 Å². The van der Waals surface area contributed by atoms with E-state index in [0.29, 0.717) is 49.8 Å². The second-order valence-electron chi connectivity index (χ2n) is 8.29. The molecule has 1 amide bonds. The first-order valence-electron chi connectivity index (χ1n) is 11.8. The number of ether oxygens (including phenoxy) is 1. The smallest absolute Gasteiger partial charge is 0.269 e. The molecule has 0 unspecified atom stereocenters.